The molecule has 2 aromatic heterocycles. The molecule has 0 aliphatic carbocycles. The van der Waals surface area contributed by atoms with Crippen LogP contribution in [0.3, 0.4) is 0 Å². The summed E-state index contributed by atoms with van der Waals surface area (Å²) in [5.74, 6) is -0.108. The molecule has 0 saturated heterocycles. The van der Waals surface area contributed by atoms with Gasteiger partial charge in [-0.2, -0.15) is 5.10 Å². The van der Waals surface area contributed by atoms with Gasteiger partial charge in [0, 0.05) is 44.2 Å². The van der Waals surface area contributed by atoms with Crippen molar-refractivity contribution in [2.75, 3.05) is 19.0 Å². The molecule has 0 aromatic carbocycles. The standard InChI is InChI=1S/C15H20N4O2/c1-10-6-13(11(2)18(10)5)14(20)9-19-15(21)7-12(8-16-19)17(3)4/h6-8H,9H2,1-5H3. The highest BCUT2D eigenvalue weighted by molar-refractivity contribution is 5.97. The molecule has 0 saturated carbocycles. The lowest BCUT2D eigenvalue weighted by atomic mass is 10.1. The third-order valence-electron chi connectivity index (χ3n) is 3.74. The van der Waals surface area contributed by atoms with E-state index in [1.807, 2.05) is 45.6 Å². The van der Waals surface area contributed by atoms with Gasteiger partial charge in [0.2, 0.25) is 0 Å². The summed E-state index contributed by atoms with van der Waals surface area (Å²) in [6, 6.07) is 3.32. The van der Waals surface area contributed by atoms with Gasteiger partial charge in [-0.1, -0.05) is 0 Å². The molecule has 6 nitrogen and oxygen atoms in total. The normalized spacial score (nSPS) is 10.7. The van der Waals surface area contributed by atoms with E-state index in [0.29, 0.717) is 5.56 Å². The Kier molecular flexibility index (Phi) is 3.97. The molecule has 0 N–H and O–H groups in total. The number of carbonyl (C=O) groups is 1. The molecule has 2 aromatic rings. The number of carbonyl (C=O) groups excluding carboxylic acids is 1. The van der Waals surface area contributed by atoms with E-state index in [1.54, 1.807) is 11.1 Å². The molecule has 0 fully saturated rings. The van der Waals surface area contributed by atoms with Gasteiger partial charge >= 0.3 is 0 Å². The molecule has 2 heterocycles. The van der Waals surface area contributed by atoms with E-state index in [0.717, 1.165) is 17.1 Å². The topological polar surface area (TPSA) is 60.1 Å². The molecule has 0 spiro atoms. The number of hydrogen-bond acceptors (Lipinski definition) is 4. The summed E-state index contributed by atoms with van der Waals surface area (Å²) < 4.78 is 3.15. The average Bonchev–Trinajstić information content (AvgIpc) is 2.68. The second-order valence-electron chi connectivity index (χ2n) is 5.37. The van der Waals surface area contributed by atoms with Gasteiger partial charge in [-0.3, -0.25) is 9.59 Å². The van der Waals surface area contributed by atoms with Crippen molar-refractivity contribution < 1.29 is 4.79 Å². The lowest BCUT2D eigenvalue weighted by Gasteiger charge is -2.12. The van der Waals surface area contributed by atoms with E-state index in [-0.39, 0.29) is 17.9 Å². The predicted molar refractivity (Wildman–Crippen MR) is 82.0 cm³/mol. The Balaban J connectivity index is 2.28. The van der Waals surface area contributed by atoms with E-state index in [9.17, 15) is 9.59 Å². The summed E-state index contributed by atoms with van der Waals surface area (Å²) in [6.45, 7) is 3.79. The first kappa shape index (κ1) is 15.0. The highest BCUT2D eigenvalue weighted by Gasteiger charge is 2.15. The summed E-state index contributed by atoms with van der Waals surface area (Å²) in [4.78, 5) is 26.1. The maximum Gasteiger partial charge on any atom is 0.269 e. The lowest BCUT2D eigenvalue weighted by Crippen LogP contribution is -2.27. The van der Waals surface area contributed by atoms with Crippen LogP contribution in [0.5, 0.6) is 0 Å². The summed E-state index contributed by atoms with van der Waals surface area (Å²) >= 11 is 0. The minimum atomic E-state index is -0.278. The maximum absolute atomic E-state index is 12.3. The number of anilines is 1. The summed E-state index contributed by atoms with van der Waals surface area (Å²) in [5, 5.41) is 4.06. The Morgan fingerprint density at radius 2 is 1.95 bits per heavy atom. The van der Waals surface area contributed by atoms with Crippen LogP contribution in [0.2, 0.25) is 0 Å². The molecule has 6 heteroatoms. The maximum atomic E-state index is 12.3. The summed E-state index contributed by atoms with van der Waals surface area (Å²) in [5.41, 5.74) is 2.99. The van der Waals surface area contributed by atoms with Crippen molar-refractivity contribution in [1.82, 2.24) is 14.3 Å². The molecule has 0 aliphatic heterocycles. The lowest BCUT2D eigenvalue weighted by molar-refractivity contribution is 0.0965. The third-order valence-corrected chi connectivity index (χ3v) is 3.74. The molecule has 0 amide bonds. The fourth-order valence-corrected chi connectivity index (χ4v) is 2.15. The molecule has 0 bridgehead atoms. The van der Waals surface area contributed by atoms with Crippen LogP contribution in [0, 0.1) is 13.8 Å². The van der Waals surface area contributed by atoms with Gasteiger partial charge in [0.1, 0.15) is 6.54 Å². The summed E-state index contributed by atoms with van der Waals surface area (Å²) in [7, 11) is 5.59. The van der Waals surface area contributed by atoms with Gasteiger partial charge in [0.25, 0.3) is 5.56 Å². The van der Waals surface area contributed by atoms with Crippen molar-refractivity contribution in [3.8, 4) is 0 Å². The highest BCUT2D eigenvalue weighted by Crippen LogP contribution is 2.14. The van der Waals surface area contributed by atoms with Gasteiger partial charge in [-0.05, 0) is 19.9 Å². The van der Waals surface area contributed by atoms with E-state index >= 15 is 0 Å². The smallest absolute Gasteiger partial charge is 0.269 e. The van der Waals surface area contributed by atoms with Crippen LogP contribution in [-0.2, 0) is 13.6 Å². The number of aromatic nitrogens is 3. The number of hydrogen-bond donors (Lipinski definition) is 0. The second kappa shape index (κ2) is 5.55. The zero-order chi connectivity index (χ0) is 15.7. The SMILES string of the molecule is Cc1cc(C(=O)Cn2ncc(N(C)C)cc2=O)c(C)n1C. The average molecular weight is 288 g/mol. The van der Waals surface area contributed by atoms with E-state index < -0.39 is 0 Å². The molecule has 0 atom stereocenters. The molecule has 0 radical (unpaired) electrons. The largest absolute Gasteiger partial charge is 0.376 e. The fraction of sp³-hybridized carbons (Fsp3) is 0.400. The Morgan fingerprint density at radius 1 is 1.29 bits per heavy atom. The van der Waals surface area contributed by atoms with Crippen LogP contribution in [-0.4, -0.2) is 34.2 Å². The van der Waals surface area contributed by atoms with E-state index in [4.69, 9.17) is 0 Å². The minimum absolute atomic E-state index is 0.0448. The summed E-state index contributed by atoms with van der Waals surface area (Å²) in [6.07, 6.45) is 1.58. The van der Waals surface area contributed by atoms with Crippen LogP contribution in [0.25, 0.3) is 0 Å². The number of rotatable bonds is 4. The first-order valence-electron chi connectivity index (χ1n) is 6.72. The first-order valence-corrected chi connectivity index (χ1v) is 6.72. The minimum Gasteiger partial charge on any atom is -0.376 e. The molecular weight excluding hydrogens is 268 g/mol. The van der Waals surface area contributed by atoms with Crippen LogP contribution in [0.4, 0.5) is 5.69 Å². The Morgan fingerprint density at radius 3 is 2.43 bits per heavy atom. The van der Waals surface area contributed by atoms with E-state index in [1.165, 1.54) is 10.7 Å². The number of aryl methyl sites for hydroxylation is 1. The number of ketones is 1. The van der Waals surface area contributed by atoms with Gasteiger partial charge in [0.15, 0.2) is 5.78 Å². The molecule has 0 unspecified atom stereocenters. The zero-order valence-corrected chi connectivity index (χ0v) is 13.0. The Labute approximate surface area is 123 Å². The van der Waals surface area contributed by atoms with Gasteiger partial charge < -0.3 is 9.47 Å². The molecular formula is C15H20N4O2. The van der Waals surface area contributed by atoms with Crippen molar-refractivity contribution in [2.45, 2.75) is 20.4 Å². The zero-order valence-electron chi connectivity index (χ0n) is 13.0. The predicted octanol–water partition coefficient (Wildman–Crippen LogP) is 1.15. The first-order chi connectivity index (χ1) is 9.81. The molecule has 2 rings (SSSR count). The van der Waals surface area contributed by atoms with Crippen molar-refractivity contribution in [2.24, 2.45) is 7.05 Å². The van der Waals surface area contributed by atoms with Gasteiger partial charge in [-0.25, -0.2) is 4.68 Å². The Bertz CT molecular complexity index is 741. The van der Waals surface area contributed by atoms with Gasteiger partial charge in [0.05, 0.1) is 11.9 Å². The van der Waals surface area contributed by atoms with E-state index in [2.05, 4.69) is 5.10 Å². The van der Waals surface area contributed by atoms with Crippen molar-refractivity contribution >= 4 is 11.5 Å². The third kappa shape index (κ3) is 2.89. The second-order valence-corrected chi connectivity index (χ2v) is 5.37. The number of nitrogens with zero attached hydrogens (tertiary/aromatic N) is 4. The van der Waals surface area contributed by atoms with Gasteiger partial charge in [-0.15, -0.1) is 0 Å². The Hall–Kier alpha value is -2.37. The van der Waals surface area contributed by atoms with Crippen molar-refractivity contribution in [3.63, 3.8) is 0 Å². The monoisotopic (exact) mass is 288 g/mol. The van der Waals surface area contributed by atoms with Crippen molar-refractivity contribution in [3.05, 3.63) is 45.6 Å². The van der Waals surface area contributed by atoms with Crippen LogP contribution >= 0.6 is 0 Å². The molecule has 21 heavy (non-hydrogen) atoms. The quantitative estimate of drug-likeness (QED) is 0.792. The molecule has 0 aliphatic rings. The van der Waals surface area contributed by atoms with Crippen LogP contribution in [0.15, 0.2) is 23.1 Å². The van der Waals surface area contributed by atoms with Crippen LogP contribution in [0.1, 0.15) is 21.7 Å². The highest BCUT2D eigenvalue weighted by atomic mass is 16.1. The van der Waals surface area contributed by atoms with Crippen molar-refractivity contribution in [1.29, 1.82) is 0 Å². The molecule has 112 valence electrons. The number of Topliss-reactive ketones (excluding diaryl/α,β-unsaturated/α-hetero) is 1. The van der Waals surface area contributed by atoms with Crippen LogP contribution < -0.4 is 10.5 Å². The fourth-order valence-electron chi connectivity index (χ4n) is 2.15.